The van der Waals surface area contributed by atoms with Crippen LogP contribution in [0.3, 0.4) is 0 Å². The maximum atomic E-state index is 12.6. The number of aliphatic hydroxyl groups excluding tert-OH is 1. The SMILES string of the molecule is CC1C(N)CCC(C(=O)N2CCC(O)C2)C1(C)C. The molecule has 1 saturated carbocycles. The molecule has 1 heterocycles. The predicted molar refractivity (Wildman–Crippen MR) is 70.8 cm³/mol. The lowest BCUT2D eigenvalue weighted by Crippen LogP contribution is -2.52. The summed E-state index contributed by atoms with van der Waals surface area (Å²) < 4.78 is 0. The third-order valence-electron chi connectivity index (χ3n) is 5.28. The molecule has 4 nitrogen and oxygen atoms in total. The number of β-amino-alcohol motifs (C(OH)–C–C–N with tert-alkyl or cyclic N) is 1. The van der Waals surface area contributed by atoms with Gasteiger partial charge in [0.05, 0.1) is 6.10 Å². The summed E-state index contributed by atoms with van der Waals surface area (Å²) in [5.74, 6) is 0.626. The number of hydrogen-bond donors (Lipinski definition) is 2. The highest BCUT2D eigenvalue weighted by Crippen LogP contribution is 2.45. The van der Waals surface area contributed by atoms with Gasteiger partial charge in [-0.25, -0.2) is 0 Å². The molecule has 2 fully saturated rings. The van der Waals surface area contributed by atoms with Crippen molar-refractivity contribution in [2.24, 2.45) is 23.0 Å². The molecule has 4 atom stereocenters. The summed E-state index contributed by atoms with van der Waals surface area (Å²) in [6, 6.07) is 0.202. The number of hydrogen-bond acceptors (Lipinski definition) is 3. The van der Waals surface area contributed by atoms with E-state index in [9.17, 15) is 9.90 Å². The third-order valence-corrected chi connectivity index (χ3v) is 5.28. The van der Waals surface area contributed by atoms with Crippen LogP contribution in [0, 0.1) is 17.3 Å². The number of carbonyl (C=O) groups is 1. The summed E-state index contributed by atoms with van der Waals surface area (Å²) in [5, 5.41) is 9.56. The Morgan fingerprint density at radius 1 is 1.33 bits per heavy atom. The van der Waals surface area contributed by atoms with Gasteiger partial charge >= 0.3 is 0 Å². The minimum Gasteiger partial charge on any atom is -0.391 e. The van der Waals surface area contributed by atoms with Crippen molar-refractivity contribution in [3.8, 4) is 0 Å². The van der Waals surface area contributed by atoms with E-state index in [0.29, 0.717) is 25.4 Å². The molecule has 0 radical (unpaired) electrons. The fourth-order valence-corrected chi connectivity index (χ4v) is 3.45. The first-order valence-electron chi connectivity index (χ1n) is 7.06. The van der Waals surface area contributed by atoms with Crippen molar-refractivity contribution in [3.63, 3.8) is 0 Å². The number of aliphatic hydroxyl groups is 1. The summed E-state index contributed by atoms with van der Waals surface area (Å²) >= 11 is 0. The Balaban J connectivity index is 2.10. The molecule has 1 saturated heterocycles. The van der Waals surface area contributed by atoms with Crippen LogP contribution in [0.15, 0.2) is 0 Å². The number of carbonyl (C=O) groups excluding carboxylic acids is 1. The Morgan fingerprint density at radius 3 is 2.56 bits per heavy atom. The van der Waals surface area contributed by atoms with Gasteiger partial charge in [-0.05, 0) is 30.6 Å². The fraction of sp³-hybridized carbons (Fsp3) is 0.929. The molecule has 0 aromatic rings. The first-order valence-corrected chi connectivity index (χ1v) is 7.06. The van der Waals surface area contributed by atoms with Crippen LogP contribution in [0.25, 0.3) is 0 Å². The van der Waals surface area contributed by atoms with E-state index in [1.165, 1.54) is 0 Å². The molecule has 0 spiro atoms. The number of likely N-dealkylation sites (tertiary alicyclic amines) is 1. The minimum absolute atomic E-state index is 0.0533. The summed E-state index contributed by atoms with van der Waals surface area (Å²) in [6.07, 6.45) is 2.19. The van der Waals surface area contributed by atoms with Gasteiger partial charge in [-0.3, -0.25) is 4.79 Å². The molecule has 0 aromatic heterocycles. The highest BCUT2D eigenvalue weighted by Gasteiger charge is 2.46. The molecule has 2 rings (SSSR count). The maximum Gasteiger partial charge on any atom is 0.226 e. The van der Waals surface area contributed by atoms with Crippen molar-refractivity contribution in [1.29, 1.82) is 0 Å². The molecule has 2 aliphatic rings. The van der Waals surface area contributed by atoms with Crippen molar-refractivity contribution < 1.29 is 9.90 Å². The molecule has 1 amide bonds. The molecular weight excluding hydrogens is 228 g/mol. The van der Waals surface area contributed by atoms with Gasteiger partial charge in [-0.1, -0.05) is 20.8 Å². The average Bonchev–Trinajstić information content (AvgIpc) is 2.72. The molecule has 4 unspecified atom stereocenters. The van der Waals surface area contributed by atoms with Crippen molar-refractivity contribution in [1.82, 2.24) is 4.90 Å². The molecule has 0 aromatic carbocycles. The molecule has 4 heteroatoms. The Bertz CT molecular complexity index is 330. The predicted octanol–water partition coefficient (Wildman–Crippen LogP) is 0.979. The topological polar surface area (TPSA) is 66.6 Å². The van der Waals surface area contributed by atoms with Gasteiger partial charge in [0.25, 0.3) is 0 Å². The number of amides is 1. The van der Waals surface area contributed by atoms with Crippen molar-refractivity contribution in [2.45, 2.75) is 52.2 Å². The number of nitrogens with zero attached hydrogens (tertiary/aromatic N) is 1. The van der Waals surface area contributed by atoms with Crippen LogP contribution in [0.4, 0.5) is 0 Å². The van der Waals surface area contributed by atoms with Crippen molar-refractivity contribution in [3.05, 3.63) is 0 Å². The maximum absolute atomic E-state index is 12.6. The molecule has 104 valence electrons. The van der Waals surface area contributed by atoms with Gasteiger partial charge < -0.3 is 15.7 Å². The van der Waals surface area contributed by atoms with Crippen molar-refractivity contribution in [2.75, 3.05) is 13.1 Å². The van der Waals surface area contributed by atoms with E-state index in [1.807, 2.05) is 4.90 Å². The van der Waals surface area contributed by atoms with E-state index >= 15 is 0 Å². The smallest absolute Gasteiger partial charge is 0.226 e. The second kappa shape index (κ2) is 4.82. The van der Waals surface area contributed by atoms with Crippen LogP contribution in [0.1, 0.15) is 40.0 Å². The number of rotatable bonds is 1. The minimum atomic E-state index is -0.333. The standard InChI is InChI=1S/C14H26N2O2/c1-9-12(15)5-4-11(14(9,2)3)13(18)16-7-6-10(17)8-16/h9-12,17H,4-8,15H2,1-3H3. The van der Waals surface area contributed by atoms with Crippen LogP contribution < -0.4 is 5.73 Å². The van der Waals surface area contributed by atoms with Gasteiger partial charge in [0.2, 0.25) is 5.91 Å². The molecule has 1 aliphatic carbocycles. The quantitative estimate of drug-likeness (QED) is 0.733. The zero-order valence-corrected chi connectivity index (χ0v) is 11.7. The van der Waals surface area contributed by atoms with E-state index < -0.39 is 0 Å². The van der Waals surface area contributed by atoms with E-state index in [0.717, 1.165) is 12.8 Å². The molecule has 18 heavy (non-hydrogen) atoms. The van der Waals surface area contributed by atoms with Crippen LogP contribution in [0.5, 0.6) is 0 Å². The summed E-state index contributed by atoms with van der Waals surface area (Å²) in [4.78, 5) is 14.4. The van der Waals surface area contributed by atoms with Gasteiger partial charge in [-0.15, -0.1) is 0 Å². The lowest BCUT2D eigenvalue weighted by Gasteiger charge is -2.47. The molecule has 1 aliphatic heterocycles. The molecular formula is C14H26N2O2. The van der Waals surface area contributed by atoms with Gasteiger partial charge in [0.1, 0.15) is 0 Å². The van der Waals surface area contributed by atoms with Crippen molar-refractivity contribution >= 4 is 5.91 Å². The van der Waals surface area contributed by atoms with Crippen LogP contribution in [-0.4, -0.2) is 41.1 Å². The van der Waals surface area contributed by atoms with Crippen LogP contribution in [0.2, 0.25) is 0 Å². The molecule has 0 bridgehead atoms. The van der Waals surface area contributed by atoms with Gasteiger partial charge in [0.15, 0.2) is 0 Å². The second-order valence-corrected chi connectivity index (χ2v) is 6.63. The fourth-order valence-electron chi connectivity index (χ4n) is 3.45. The first-order chi connectivity index (χ1) is 8.34. The Morgan fingerprint density at radius 2 is 2.00 bits per heavy atom. The molecule has 3 N–H and O–H groups in total. The normalized spacial score (nSPS) is 39.9. The van der Waals surface area contributed by atoms with E-state index in [-0.39, 0.29) is 29.4 Å². The van der Waals surface area contributed by atoms with Crippen LogP contribution >= 0.6 is 0 Å². The highest BCUT2D eigenvalue weighted by atomic mass is 16.3. The highest BCUT2D eigenvalue weighted by molar-refractivity contribution is 5.80. The average molecular weight is 254 g/mol. The zero-order chi connectivity index (χ0) is 13.5. The monoisotopic (exact) mass is 254 g/mol. The summed E-state index contributed by atoms with van der Waals surface area (Å²) in [7, 11) is 0. The van der Waals surface area contributed by atoms with Gasteiger partial charge in [0, 0.05) is 25.0 Å². The van der Waals surface area contributed by atoms with E-state index in [1.54, 1.807) is 0 Å². The van der Waals surface area contributed by atoms with E-state index in [2.05, 4.69) is 20.8 Å². The Labute approximate surface area is 110 Å². The van der Waals surface area contributed by atoms with E-state index in [4.69, 9.17) is 5.73 Å². The van der Waals surface area contributed by atoms with Crippen LogP contribution in [-0.2, 0) is 4.79 Å². The lowest BCUT2D eigenvalue weighted by atomic mass is 9.61. The number of nitrogens with two attached hydrogens (primary N) is 1. The first kappa shape index (κ1) is 13.8. The van der Waals surface area contributed by atoms with Gasteiger partial charge in [-0.2, -0.15) is 0 Å². The Kier molecular flexibility index (Phi) is 3.70. The summed E-state index contributed by atoms with van der Waals surface area (Å²) in [5.41, 5.74) is 6.07. The largest absolute Gasteiger partial charge is 0.391 e. The summed E-state index contributed by atoms with van der Waals surface area (Å²) in [6.45, 7) is 7.68. The Hall–Kier alpha value is -0.610. The second-order valence-electron chi connectivity index (χ2n) is 6.63. The zero-order valence-electron chi connectivity index (χ0n) is 11.7. The lowest BCUT2D eigenvalue weighted by molar-refractivity contribution is -0.142. The third kappa shape index (κ3) is 2.28.